The summed E-state index contributed by atoms with van der Waals surface area (Å²) >= 11 is 0. The van der Waals surface area contributed by atoms with E-state index < -0.39 is 0 Å². The van der Waals surface area contributed by atoms with Crippen LogP contribution in [-0.2, 0) is 9.53 Å². The normalized spacial score (nSPS) is 22.3. The Kier molecular flexibility index (Phi) is 7.11. The van der Waals surface area contributed by atoms with Gasteiger partial charge in [-0.2, -0.15) is 0 Å². The molecule has 4 nitrogen and oxygen atoms in total. The lowest BCUT2D eigenvalue weighted by Crippen LogP contribution is -2.45. The smallest absolute Gasteiger partial charge is 0.225 e. The topological polar surface area (TPSA) is 32.8 Å². The second-order valence-electron chi connectivity index (χ2n) is 9.29. The maximum atomic E-state index is 12.1. The first-order valence-electron chi connectivity index (χ1n) is 9.87. The van der Waals surface area contributed by atoms with Crippen LogP contribution in [0.5, 0.6) is 0 Å². The molecule has 0 unspecified atom stereocenters. The van der Waals surface area contributed by atoms with Gasteiger partial charge in [-0.25, -0.2) is 0 Å². The molecule has 2 rings (SSSR count). The predicted molar refractivity (Wildman–Crippen MR) is 99.0 cm³/mol. The molecule has 0 bridgehead atoms. The highest BCUT2D eigenvalue weighted by Crippen LogP contribution is 2.23. The van der Waals surface area contributed by atoms with Gasteiger partial charge in [0.15, 0.2) is 0 Å². The van der Waals surface area contributed by atoms with Gasteiger partial charge in [0.05, 0.1) is 12.7 Å². The molecule has 0 aliphatic carbocycles. The van der Waals surface area contributed by atoms with Crippen molar-refractivity contribution in [2.24, 2.45) is 17.3 Å². The van der Waals surface area contributed by atoms with Crippen molar-refractivity contribution in [2.75, 3.05) is 39.3 Å². The van der Waals surface area contributed by atoms with E-state index in [0.717, 1.165) is 25.6 Å². The molecule has 0 radical (unpaired) electrons. The summed E-state index contributed by atoms with van der Waals surface area (Å²) in [4.78, 5) is 16.7. The van der Waals surface area contributed by atoms with Gasteiger partial charge >= 0.3 is 0 Å². The summed E-state index contributed by atoms with van der Waals surface area (Å²) in [7, 11) is 0. The van der Waals surface area contributed by atoms with E-state index in [0.29, 0.717) is 12.0 Å². The predicted octanol–water partition coefficient (Wildman–Crippen LogP) is 3.41. The first-order chi connectivity index (χ1) is 11.2. The standard InChI is InChI=1S/C20H38N2O2/c1-16(2)19(23)22-12-6-17(7-13-22)14-21-10-8-18(9-11-21)24-15-20(3,4)5/h16-18H,6-15H2,1-5H3. The number of likely N-dealkylation sites (tertiary alicyclic amines) is 2. The third kappa shape index (κ3) is 6.36. The molecule has 24 heavy (non-hydrogen) atoms. The quantitative estimate of drug-likeness (QED) is 0.770. The Labute approximate surface area is 148 Å². The fourth-order valence-electron chi connectivity index (χ4n) is 3.69. The van der Waals surface area contributed by atoms with E-state index >= 15 is 0 Å². The minimum atomic E-state index is 0.133. The number of carbonyl (C=O) groups is 1. The highest BCUT2D eigenvalue weighted by atomic mass is 16.5. The number of ether oxygens (including phenoxy) is 1. The van der Waals surface area contributed by atoms with Crippen LogP contribution in [0.25, 0.3) is 0 Å². The molecule has 0 N–H and O–H groups in total. The number of piperidine rings is 2. The van der Waals surface area contributed by atoms with E-state index in [1.807, 2.05) is 13.8 Å². The highest BCUT2D eigenvalue weighted by molar-refractivity contribution is 5.78. The lowest BCUT2D eigenvalue weighted by atomic mass is 9.94. The summed E-state index contributed by atoms with van der Waals surface area (Å²) in [5.41, 5.74) is 0.262. The molecule has 2 aliphatic rings. The third-order valence-electron chi connectivity index (χ3n) is 5.22. The van der Waals surface area contributed by atoms with Gasteiger partial charge in [-0.1, -0.05) is 34.6 Å². The van der Waals surface area contributed by atoms with Crippen molar-refractivity contribution in [3.05, 3.63) is 0 Å². The molecule has 2 aliphatic heterocycles. The molecule has 0 saturated carbocycles. The number of amides is 1. The maximum Gasteiger partial charge on any atom is 0.225 e. The van der Waals surface area contributed by atoms with Crippen LogP contribution in [0, 0.1) is 17.3 Å². The summed E-state index contributed by atoms with van der Waals surface area (Å²) < 4.78 is 6.08. The van der Waals surface area contributed by atoms with E-state index in [2.05, 4.69) is 30.6 Å². The molecule has 0 aromatic rings. The lowest BCUT2D eigenvalue weighted by Gasteiger charge is -2.38. The van der Waals surface area contributed by atoms with Gasteiger partial charge in [-0.05, 0) is 37.0 Å². The number of carbonyl (C=O) groups excluding carboxylic acids is 1. The molecule has 1 amide bonds. The summed E-state index contributed by atoms with van der Waals surface area (Å²) in [5, 5.41) is 0. The Morgan fingerprint density at radius 3 is 2.12 bits per heavy atom. The van der Waals surface area contributed by atoms with Crippen LogP contribution in [0.3, 0.4) is 0 Å². The number of nitrogens with zero attached hydrogens (tertiary/aromatic N) is 2. The Morgan fingerprint density at radius 2 is 1.62 bits per heavy atom. The van der Waals surface area contributed by atoms with Crippen molar-refractivity contribution < 1.29 is 9.53 Å². The van der Waals surface area contributed by atoms with Crippen molar-refractivity contribution in [1.29, 1.82) is 0 Å². The average molecular weight is 339 g/mol. The number of rotatable bonds is 5. The van der Waals surface area contributed by atoms with Gasteiger partial charge in [0.1, 0.15) is 0 Å². The molecular formula is C20H38N2O2. The van der Waals surface area contributed by atoms with Crippen molar-refractivity contribution in [1.82, 2.24) is 9.80 Å². The maximum absolute atomic E-state index is 12.1. The molecule has 0 spiro atoms. The molecule has 2 saturated heterocycles. The second kappa shape index (κ2) is 8.66. The second-order valence-corrected chi connectivity index (χ2v) is 9.29. The molecule has 0 aromatic heterocycles. The fourth-order valence-corrected chi connectivity index (χ4v) is 3.69. The first kappa shape index (κ1) is 19.7. The average Bonchev–Trinajstić information content (AvgIpc) is 2.53. The van der Waals surface area contributed by atoms with E-state index in [1.54, 1.807) is 0 Å². The lowest BCUT2D eigenvalue weighted by molar-refractivity contribution is -0.136. The van der Waals surface area contributed by atoms with Crippen LogP contribution >= 0.6 is 0 Å². The van der Waals surface area contributed by atoms with Crippen LogP contribution < -0.4 is 0 Å². The van der Waals surface area contributed by atoms with Crippen LogP contribution in [0.15, 0.2) is 0 Å². The van der Waals surface area contributed by atoms with Crippen LogP contribution in [-0.4, -0.2) is 61.1 Å². The van der Waals surface area contributed by atoms with E-state index in [1.165, 1.54) is 45.3 Å². The van der Waals surface area contributed by atoms with Gasteiger partial charge in [0.2, 0.25) is 5.91 Å². The molecule has 0 atom stereocenters. The van der Waals surface area contributed by atoms with Gasteiger partial charge < -0.3 is 14.5 Å². The van der Waals surface area contributed by atoms with E-state index in [9.17, 15) is 4.79 Å². The number of hydrogen-bond acceptors (Lipinski definition) is 3. The SMILES string of the molecule is CC(C)C(=O)N1CCC(CN2CCC(OCC(C)(C)C)CC2)CC1. The summed E-state index contributed by atoms with van der Waals surface area (Å²) in [6, 6.07) is 0. The Morgan fingerprint density at radius 1 is 1.04 bits per heavy atom. The van der Waals surface area contributed by atoms with E-state index in [-0.39, 0.29) is 11.3 Å². The third-order valence-corrected chi connectivity index (χ3v) is 5.22. The molecule has 2 heterocycles. The molecule has 4 heteroatoms. The summed E-state index contributed by atoms with van der Waals surface area (Å²) in [6.07, 6.45) is 5.12. The van der Waals surface area contributed by atoms with Crippen LogP contribution in [0.1, 0.15) is 60.3 Å². The Hall–Kier alpha value is -0.610. The van der Waals surface area contributed by atoms with Gasteiger partial charge in [0.25, 0.3) is 0 Å². The highest BCUT2D eigenvalue weighted by Gasteiger charge is 2.27. The Bertz CT molecular complexity index is 387. The zero-order valence-electron chi connectivity index (χ0n) is 16.5. The minimum absolute atomic E-state index is 0.133. The van der Waals surface area contributed by atoms with Crippen LogP contribution in [0.4, 0.5) is 0 Å². The zero-order chi connectivity index (χ0) is 17.7. The van der Waals surface area contributed by atoms with Crippen molar-refractivity contribution in [3.8, 4) is 0 Å². The van der Waals surface area contributed by atoms with Crippen molar-refractivity contribution in [3.63, 3.8) is 0 Å². The number of hydrogen-bond donors (Lipinski definition) is 0. The molecular weight excluding hydrogens is 300 g/mol. The molecule has 140 valence electrons. The zero-order valence-corrected chi connectivity index (χ0v) is 16.5. The Balaban J connectivity index is 1.64. The van der Waals surface area contributed by atoms with Crippen molar-refractivity contribution >= 4 is 5.91 Å². The summed E-state index contributed by atoms with van der Waals surface area (Å²) in [6.45, 7) is 17.0. The largest absolute Gasteiger partial charge is 0.378 e. The van der Waals surface area contributed by atoms with Crippen LogP contribution in [0.2, 0.25) is 0 Å². The molecule has 2 fully saturated rings. The molecule has 0 aromatic carbocycles. The van der Waals surface area contributed by atoms with E-state index in [4.69, 9.17) is 4.74 Å². The minimum Gasteiger partial charge on any atom is -0.378 e. The van der Waals surface area contributed by atoms with Crippen molar-refractivity contribution in [2.45, 2.75) is 66.4 Å². The monoisotopic (exact) mass is 338 g/mol. The van der Waals surface area contributed by atoms with Gasteiger partial charge in [-0.3, -0.25) is 4.79 Å². The fraction of sp³-hybridized carbons (Fsp3) is 0.950. The van der Waals surface area contributed by atoms with Gasteiger partial charge in [-0.15, -0.1) is 0 Å². The summed E-state index contributed by atoms with van der Waals surface area (Å²) in [5.74, 6) is 1.21. The van der Waals surface area contributed by atoms with Gasteiger partial charge in [0, 0.05) is 38.6 Å². The first-order valence-corrected chi connectivity index (χ1v) is 9.87.